The predicted molar refractivity (Wildman–Crippen MR) is 42.1 cm³/mol. The Kier molecular flexibility index (Phi) is 1.18. The summed E-state index contributed by atoms with van der Waals surface area (Å²) < 4.78 is 0. The molecule has 2 aromatic rings. The van der Waals surface area contributed by atoms with Crippen LogP contribution in [0.2, 0.25) is 5.02 Å². The summed E-state index contributed by atoms with van der Waals surface area (Å²) in [5, 5.41) is 1.83. The zero-order chi connectivity index (χ0) is 6.97. The predicted octanol–water partition coefficient (Wildman–Crippen LogP) is 2.62. The Morgan fingerprint density at radius 3 is 3.20 bits per heavy atom. The molecule has 1 aromatic carbocycles. The summed E-state index contributed by atoms with van der Waals surface area (Å²) in [6.45, 7) is 0. The number of aromatic amines is 1. The van der Waals surface area contributed by atoms with Crippen molar-refractivity contribution in [2.24, 2.45) is 0 Å². The number of benzene rings is 1. The van der Waals surface area contributed by atoms with Crippen LogP contribution in [0.1, 0.15) is 0 Å². The van der Waals surface area contributed by atoms with Crippen LogP contribution in [-0.2, 0) is 0 Å². The maximum Gasteiger partial charge on any atom is 0.0475 e. The first-order chi connectivity index (χ1) is 4.86. The lowest BCUT2D eigenvalue weighted by molar-refractivity contribution is 1.47. The van der Waals surface area contributed by atoms with E-state index in [1.54, 1.807) is 6.20 Å². The Balaban J connectivity index is 2.86. The van der Waals surface area contributed by atoms with Gasteiger partial charge in [-0.2, -0.15) is 0 Å². The zero-order valence-electron chi connectivity index (χ0n) is 5.19. The molecule has 2 rings (SSSR count). The van der Waals surface area contributed by atoms with E-state index in [0.29, 0.717) is 0 Å². The lowest BCUT2D eigenvalue weighted by Gasteiger charge is -1.88. The number of nitrogens with one attached hydrogen (secondary N) is 1. The van der Waals surface area contributed by atoms with E-state index in [2.05, 4.69) is 11.1 Å². The van der Waals surface area contributed by atoms with E-state index >= 15 is 0 Å². The topological polar surface area (TPSA) is 15.8 Å². The number of hydrogen-bond acceptors (Lipinski definition) is 0. The third-order valence-electron chi connectivity index (χ3n) is 1.44. The Bertz CT molecular complexity index is 351. The molecule has 0 amide bonds. The summed E-state index contributed by atoms with van der Waals surface area (Å²) in [6, 6.07) is 8.71. The van der Waals surface area contributed by atoms with Crippen molar-refractivity contribution in [1.29, 1.82) is 0 Å². The SMILES string of the molecule is Clc1ccc2[c]c[nH]c2c1. The van der Waals surface area contributed by atoms with Gasteiger partial charge in [0.15, 0.2) is 0 Å². The monoisotopic (exact) mass is 150 g/mol. The van der Waals surface area contributed by atoms with Crippen LogP contribution in [-0.4, -0.2) is 4.98 Å². The summed E-state index contributed by atoms with van der Waals surface area (Å²) in [7, 11) is 0. The molecule has 0 aliphatic heterocycles. The van der Waals surface area contributed by atoms with Crippen LogP contribution in [0.15, 0.2) is 24.4 Å². The van der Waals surface area contributed by atoms with Crippen LogP contribution in [0, 0.1) is 6.07 Å². The maximum absolute atomic E-state index is 5.74. The van der Waals surface area contributed by atoms with Gasteiger partial charge < -0.3 is 4.98 Å². The maximum atomic E-state index is 5.74. The third kappa shape index (κ3) is 0.792. The fourth-order valence-electron chi connectivity index (χ4n) is 0.953. The van der Waals surface area contributed by atoms with E-state index in [1.807, 2.05) is 18.2 Å². The van der Waals surface area contributed by atoms with Crippen molar-refractivity contribution >= 4 is 22.5 Å². The molecule has 1 aromatic heterocycles. The molecule has 2 heteroatoms. The van der Waals surface area contributed by atoms with Crippen molar-refractivity contribution in [2.45, 2.75) is 0 Å². The van der Waals surface area contributed by atoms with Crippen molar-refractivity contribution in [2.75, 3.05) is 0 Å². The number of halogens is 1. The molecular formula is C8H5ClN. The van der Waals surface area contributed by atoms with Gasteiger partial charge in [-0.15, -0.1) is 0 Å². The average Bonchev–Trinajstić information content (AvgIpc) is 2.33. The number of H-pyrrole nitrogens is 1. The van der Waals surface area contributed by atoms with Crippen molar-refractivity contribution in [3.8, 4) is 0 Å². The van der Waals surface area contributed by atoms with E-state index < -0.39 is 0 Å². The molecule has 0 unspecified atom stereocenters. The molecule has 0 bridgehead atoms. The summed E-state index contributed by atoms with van der Waals surface area (Å²) in [5.74, 6) is 0. The van der Waals surface area contributed by atoms with Gasteiger partial charge in [0.25, 0.3) is 0 Å². The highest BCUT2D eigenvalue weighted by Crippen LogP contribution is 2.16. The van der Waals surface area contributed by atoms with Crippen LogP contribution in [0.5, 0.6) is 0 Å². The van der Waals surface area contributed by atoms with Crippen LogP contribution < -0.4 is 0 Å². The summed E-state index contributed by atoms with van der Waals surface area (Å²) in [5.41, 5.74) is 1.03. The largest absolute Gasteiger partial charge is 0.360 e. The minimum absolute atomic E-state index is 0.753. The Morgan fingerprint density at radius 2 is 2.30 bits per heavy atom. The molecule has 0 saturated heterocycles. The first-order valence-electron chi connectivity index (χ1n) is 3.00. The second-order valence-corrected chi connectivity index (χ2v) is 2.56. The van der Waals surface area contributed by atoms with E-state index in [0.717, 1.165) is 15.9 Å². The number of hydrogen-bond donors (Lipinski definition) is 1. The molecule has 0 atom stereocenters. The van der Waals surface area contributed by atoms with Crippen LogP contribution in [0.4, 0.5) is 0 Å². The van der Waals surface area contributed by atoms with Crippen molar-refractivity contribution in [1.82, 2.24) is 4.98 Å². The minimum atomic E-state index is 0.753. The molecule has 0 fully saturated rings. The quantitative estimate of drug-likeness (QED) is 0.594. The Morgan fingerprint density at radius 1 is 1.40 bits per heavy atom. The first kappa shape index (κ1) is 5.81. The van der Waals surface area contributed by atoms with Gasteiger partial charge in [0.05, 0.1) is 0 Å². The van der Waals surface area contributed by atoms with Gasteiger partial charge >= 0.3 is 0 Å². The van der Waals surface area contributed by atoms with Crippen LogP contribution in [0.25, 0.3) is 10.9 Å². The normalized spacial score (nSPS) is 10.5. The first-order valence-corrected chi connectivity index (χ1v) is 3.38. The van der Waals surface area contributed by atoms with Gasteiger partial charge in [0.2, 0.25) is 0 Å². The van der Waals surface area contributed by atoms with Gasteiger partial charge in [-0.3, -0.25) is 0 Å². The smallest absolute Gasteiger partial charge is 0.0475 e. The molecule has 1 heterocycles. The summed E-state index contributed by atoms with van der Waals surface area (Å²) in [6.07, 6.45) is 1.78. The van der Waals surface area contributed by atoms with Crippen LogP contribution >= 0.6 is 11.6 Å². The fourth-order valence-corrected chi connectivity index (χ4v) is 1.13. The van der Waals surface area contributed by atoms with Gasteiger partial charge in [0.1, 0.15) is 0 Å². The molecule has 0 aliphatic rings. The second kappa shape index (κ2) is 2.03. The molecule has 1 N–H and O–H groups in total. The van der Waals surface area contributed by atoms with Gasteiger partial charge in [0, 0.05) is 28.2 Å². The van der Waals surface area contributed by atoms with Crippen LogP contribution in [0.3, 0.4) is 0 Å². The molecule has 49 valence electrons. The highest BCUT2D eigenvalue weighted by atomic mass is 35.5. The molecule has 1 nitrogen and oxygen atoms in total. The Labute approximate surface area is 63.6 Å². The summed E-state index contributed by atoms with van der Waals surface area (Å²) in [4.78, 5) is 3.02. The third-order valence-corrected chi connectivity index (χ3v) is 1.67. The van der Waals surface area contributed by atoms with Gasteiger partial charge in [-0.05, 0) is 12.1 Å². The number of rotatable bonds is 0. The number of aromatic nitrogens is 1. The Hall–Kier alpha value is -0.950. The molecule has 10 heavy (non-hydrogen) atoms. The van der Waals surface area contributed by atoms with Crippen molar-refractivity contribution < 1.29 is 0 Å². The lowest BCUT2D eigenvalue weighted by atomic mass is 10.2. The van der Waals surface area contributed by atoms with Gasteiger partial charge in [-0.1, -0.05) is 17.7 Å². The molecule has 0 saturated carbocycles. The molecule has 1 radical (unpaired) electrons. The van der Waals surface area contributed by atoms with E-state index in [9.17, 15) is 0 Å². The zero-order valence-corrected chi connectivity index (χ0v) is 5.94. The van der Waals surface area contributed by atoms with Gasteiger partial charge in [-0.25, -0.2) is 0 Å². The minimum Gasteiger partial charge on any atom is -0.360 e. The van der Waals surface area contributed by atoms with Crippen molar-refractivity contribution in [3.63, 3.8) is 0 Å². The fraction of sp³-hybridized carbons (Fsp3) is 0. The highest BCUT2D eigenvalue weighted by molar-refractivity contribution is 6.31. The average molecular weight is 151 g/mol. The van der Waals surface area contributed by atoms with E-state index in [-0.39, 0.29) is 0 Å². The summed E-state index contributed by atoms with van der Waals surface area (Å²) >= 11 is 5.74. The molecule has 0 spiro atoms. The van der Waals surface area contributed by atoms with E-state index in [1.165, 1.54) is 0 Å². The second-order valence-electron chi connectivity index (χ2n) is 2.12. The molecular weight excluding hydrogens is 146 g/mol. The molecule has 0 aliphatic carbocycles. The number of fused-ring (bicyclic) bond motifs is 1. The lowest BCUT2D eigenvalue weighted by Crippen LogP contribution is -1.65. The highest BCUT2D eigenvalue weighted by Gasteiger charge is 1.92. The van der Waals surface area contributed by atoms with E-state index in [4.69, 9.17) is 11.6 Å². The standard InChI is InChI=1S/C8H5ClN/c9-7-2-1-6-3-4-10-8(6)5-7/h1-2,4-5,10H. The van der Waals surface area contributed by atoms with Crippen molar-refractivity contribution in [3.05, 3.63) is 35.5 Å².